The van der Waals surface area contributed by atoms with E-state index in [0.717, 1.165) is 25.3 Å². The Morgan fingerprint density at radius 2 is 2.24 bits per heavy atom. The molecule has 2 aromatic rings. The lowest BCUT2D eigenvalue weighted by atomic mass is 10.2. The topological polar surface area (TPSA) is 46.0 Å². The van der Waals surface area contributed by atoms with Crippen LogP contribution in [0, 0.1) is 0 Å². The smallest absolute Gasteiger partial charge is 0.102 e. The number of aryl methyl sites for hydroxylation is 1. The number of anilines is 2. The van der Waals surface area contributed by atoms with E-state index in [4.69, 9.17) is 0 Å². The minimum absolute atomic E-state index is 0.812. The number of para-hydroxylation sites is 2. The van der Waals surface area contributed by atoms with Crippen LogP contribution in [-0.2, 0) is 13.6 Å². The van der Waals surface area contributed by atoms with Gasteiger partial charge in [0.25, 0.3) is 0 Å². The maximum Gasteiger partial charge on any atom is 0.102 e. The fraction of sp³-hybridized carbons (Fsp3) is 0.333. The second-order valence-corrected chi connectivity index (χ2v) is 4.19. The van der Waals surface area contributed by atoms with Crippen molar-refractivity contribution in [2.75, 3.05) is 23.3 Å². The third-order valence-corrected chi connectivity index (χ3v) is 2.94. The van der Waals surface area contributed by atoms with Gasteiger partial charge in [-0.3, -0.25) is 0 Å². The first kappa shape index (κ1) is 10.1. The predicted octanol–water partition coefficient (Wildman–Crippen LogP) is 1.25. The molecule has 0 atom stereocenters. The molecular weight excluding hydrogens is 214 g/mol. The Kier molecular flexibility index (Phi) is 2.44. The molecule has 1 N–H and O–H groups in total. The van der Waals surface area contributed by atoms with Gasteiger partial charge in [-0.25, -0.2) is 0 Å². The quantitative estimate of drug-likeness (QED) is 0.841. The summed E-state index contributed by atoms with van der Waals surface area (Å²) in [6.45, 7) is 2.78. The van der Waals surface area contributed by atoms with E-state index in [9.17, 15) is 0 Å². The van der Waals surface area contributed by atoms with Crippen LogP contribution in [0.5, 0.6) is 0 Å². The average Bonchev–Trinajstić information content (AvgIpc) is 2.75. The van der Waals surface area contributed by atoms with E-state index in [-0.39, 0.29) is 0 Å². The number of benzene rings is 1. The van der Waals surface area contributed by atoms with Crippen LogP contribution in [0.3, 0.4) is 0 Å². The molecule has 0 amide bonds. The fourth-order valence-corrected chi connectivity index (χ4v) is 2.16. The fourth-order valence-electron chi connectivity index (χ4n) is 2.16. The minimum Gasteiger partial charge on any atom is -0.382 e. The van der Waals surface area contributed by atoms with E-state index in [1.54, 1.807) is 4.80 Å². The maximum absolute atomic E-state index is 4.32. The second kappa shape index (κ2) is 4.08. The molecule has 88 valence electrons. The molecule has 5 nitrogen and oxygen atoms in total. The maximum atomic E-state index is 4.32. The summed E-state index contributed by atoms with van der Waals surface area (Å²) in [4.78, 5) is 3.93. The van der Waals surface area contributed by atoms with Crippen molar-refractivity contribution in [3.8, 4) is 0 Å². The molecule has 2 heterocycles. The summed E-state index contributed by atoms with van der Waals surface area (Å²) in [5.74, 6) is 0. The second-order valence-electron chi connectivity index (χ2n) is 4.19. The van der Waals surface area contributed by atoms with Gasteiger partial charge in [0.05, 0.1) is 24.1 Å². The third kappa shape index (κ3) is 1.95. The van der Waals surface area contributed by atoms with Crippen molar-refractivity contribution in [2.45, 2.75) is 6.54 Å². The van der Waals surface area contributed by atoms with Crippen LogP contribution < -0.4 is 10.2 Å². The molecule has 17 heavy (non-hydrogen) atoms. The molecule has 5 heteroatoms. The van der Waals surface area contributed by atoms with Gasteiger partial charge < -0.3 is 10.2 Å². The molecule has 0 saturated carbocycles. The van der Waals surface area contributed by atoms with Gasteiger partial charge in [-0.1, -0.05) is 12.1 Å². The Hall–Kier alpha value is -2.04. The SMILES string of the molecule is Cn1ncc(CN2CCNc3ccccc32)n1. The third-order valence-electron chi connectivity index (χ3n) is 2.94. The highest BCUT2D eigenvalue weighted by Crippen LogP contribution is 2.29. The summed E-state index contributed by atoms with van der Waals surface area (Å²) in [6, 6.07) is 8.36. The number of aromatic nitrogens is 3. The van der Waals surface area contributed by atoms with Crippen LogP contribution in [0.2, 0.25) is 0 Å². The Labute approximate surface area is 100 Å². The van der Waals surface area contributed by atoms with E-state index >= 15 is 0 Å². The molecule has 1 aromatic heterocycles. The van der Waals surface area contributed by atoms with Gasteiger partial charge >= 0.3 is 0 Å². The predicted molar refractivity (Wildman–Crippen MR) is 67.0 cm³/mol. The number of hydrogen-bond donors (Lipinski definition) is 1. The standard InChI is InChI=1S/C12H15N5/c1-16-14-8-10(15-16)9-17-7-6-13-11-4-2-3-5-12(11)17/h2-5,8,13H,6-7,9H2,1H3. The number of hydrogen-bond acceptors (Lipinski definition) is 4. The summed E-state index contributed by atoms with van der Waals surface area (Å²) in [6.07, 6.45) is 1.82. The van der Waals surface area contributed by atoms with Crippen LogP contribution in [-0.4, -0.2) is 28.1 Å². The Balaban J connectivity index is 1.85. The molecule has 0 unspecified atom stereocenters. The molecule has 0 fully saturated rings. The van der Waals surface area contributed by atoms with Crippen molar-refractivity contribution < 1.29 is 0 Å². The Morgan fingerprint density at radius 3 is 3.06 bits per heavy atom. The van der Waals surface area contributed by atoms with Crippen LogP contribution in [0.4, 0.5) is 11.4 Å². The van der Waals surface area contributed by atoms with Crippen molar-refractivity contribution in [2.24, 2.45) is 7.05 Å². The molecule has 0 aliphatic carbocycles. The van der Waals surface area contributed by atoms with E-state index in [0.29, 0.717) is 0 Å². The summed E-state index contributed by atoms with van der Waals surface area (Å²) in [5.41, 5.74) is 3.44. The Bertz CT molecular complexity index is 519. The molecule has 0 spiro atoms. The summed E-state index contributed by atoms with van der Waals surface area (Å²) < 4.78 is 0. The van der Waals surface area contributed by atoms with Crippen molar-refractivity contribution in [1.29, 1.82) is 0 Å². The molecule has 0 radical (unpaired) electrons. The average molecular weight is 229 g/mol. The van der Waals surface area contributed by atoms with Gasteiger partial charge in [0.2, 0.25) is 0 Å². The van der Waals surface area contributed by atoms with E-state index in [1.165, 1.54) is 11.4 Å². The van der Waals surface area contributed by atoms with Gasteiger partial charge in [-0.15, -0.1) is 0 Å². The van der Waals surface area contributed by atoms with Crippen molar-refractivity contribution in [1.82, 2.24) is 15.0 Å². The highest BCUT2D eigenvalue weighted by Gasteiger charge is 2.16. The highest BCUT2D eigenvalue weighted by molar-refractivity contribution is 5.71. The molecule has 0 bridgehead atoms. The first-order chi connectivity index (χ1) is 8.33. The van der Waals surface area contributed by atoms with E-state index < -0.39 is 0 Å². The first-order valence-electron chi connectivity index (χ1n) is 5.76. The summed E-state index contributed by atoms with van der Waals surface area (Å²) in [5, 5.41) is 11.8. The zero-order valence-corrected chi connectivity index (χ0v) is 9.80. The van der Waals surface area contributed by atoms with Crippen LogP contribution in [0.25, 0.3) is 0 Å². The van der Waals surface area contributed by atoms with Crippen molar-refractivity contribution in [3.63, 3.8) is 0 Å². The molecular formula is C12H15N5. The summed E-state index contributed by atoms with van der Waals surface area (Å²) >= 11 is 0. The zero-order valence-electron chi connectivity index (χ0n) is 9.80. The molecule has 1 aliphatic rings. The van der Waals surface area contributed by atoms with Crippen LogP contribution in [0.1, 0.15) is 5.69 Å². The first-order valence-corrected chi connectivity index (χ1v) is 5.76. The van der Waals surface area contributed by atoms with Gasteiger partial charge in [-0.05, 0) is 12.1 Å². The minimum atomic E-state index is 0.812. The summed E-state index contributed by atoms with van der Waals surface area (Å²) in [7, 11) is 1.84. The highest BCUT2D eigenvalue weighted by atomic mass is 15.5. The van der Waals surface area contributed by atoms with Gasteiger partial charge in [0.1, 0.15) is 5.69 Å². The monoisotopic (exact) mass is 229 g/mol. The van der Waals surface area contributed by atoms with Gasteiger partial charge in [0, 0.05) is 20.1 Å². The lowest BCUT2D eigenvalue weighted by molar-refractivity contribution is 0.640. The van der Waals surface area contributed by atoms with Crippen LogP contribution >= 0.6 is 0 Å². The Morgan fingerprint density at radius 1 is 1.35 bits per heavy atom. The molecule has 0 saturated heterocycles. The number of fused-ring (bicyclic) bond motifs is 1. The van der Waals surface area contributed by atoms with Crippen molar-refractivity contribution in [3.05, 3.63) is 36.2 Å². The number of nitrogens with one attached hydrogen (secondary N) is 1. The normalized spacial score (nSPS) is 14.3. The van der Waals surface area contributed by atoms with E-state index in [2.05, 4.69) is 44.7 Å². The molecule has 1 aliphatic heterocycles. The van der Waals surface area contributed by atoms with Crippen molar-refractivity contribution >= 4 is 11.4 Å². The number of nitrogens with zero attached hydrogens (tertiary/aromatic N) is 4. The van der Waals surface area contributed by atoms with Gasteiger partial charge in [-0.2, -0.15) is 15.0 Å². The molecule has 1 aromatic carbocycles. The number of rotatable bonds is 2. The lowest BCUT2D eigenvalue weighted by Gasteiger charge is -2.31. The van der Waals surface area contributed by atoms with Gasteiger partial charge in [0.15, 0.2) is 0 Å². The van der Waals surface area contributed by atoms with E-state index in [1.807, 2.05) is 13.2 Å². The zero-order chi connectivity index (χ0) is 11.7. The van der Waals surface area contributed by atoms with Crippen LogP contribution in [0.15, 0.2) is 30.5 Å². The largest absolute Gasteiger partial charge is 0.382 e. The lowest BCUT2D eigenvalue weighted by Crippen LogP contribution is -2.33. The molecule has 3 rings (SSSR count).